The summed E-state index contributed by atoms with van der Waals surface area (Å²) in [5.41, 5.74) is 0.446. The molecule has 1 aliphatic carbocycles. The van der Waals surface area contributed by atoms with Gasteiger partial charge in [0.15, 0.2) is 0 Å². The molecular weight excluding hydrogens is 262 g/mol. The van der Waals surface area contributed by atoms with Gasteiger partial charge in [0, 0.05) is 10.4 Å². The maximum Gasteiger partial charge on any atom is 0.127 e. The molecule has 0 aromatic heterocycles. The van der Waals surface area contributed by atoms with E-state index in [1.807, 2.05) is 0 Å². The summed E-state index contributed by atoms with van der Waals surface area (Å²) in [4.78, 5) is -0.0569. The van der Waals surface area contributed by atoms with Crippen LogP contribution in [0.1, 0.15) is 36.1 Å². The molecule has 0 nitrogen and oxygen atoms in total. The molecule has 2 rings (SSSR count). The molecule has 0 N–H and O–H groups in total. The largest absolute Gasteiger partial charge is 0.207 e. The molecule has 1 fully saturated rings. The van der Waals surface area contributed by atoms with Crippen molar-refractivity contribution in [3.8, 4) is 0 Å². The molecule has 1 aromatic rings. The SMILES string of the molecule is Fc1ccc(F)c(C(Br)CC2CCC2)c1. The fourth-order valence-electron chi connectivity index (χ4n) is 1.90. The van der Waals surface area contributed by atoms with Gasteiger partial charge < -0.3 is 0 Å². The molecule has 0 amide bonds. The Morgan fingerprint density at radius 3 is 2.67 bits per heavy atom. The molecule has 0 radical (unpaired) electrons. The monoisotopic (exact) mass is 274 g/mol. The third kappa shape index (κ3) is 2.57. The summed E-state index contributed by atoms with van der Waals surface area (Å²) >= 11 is 3.44. The Labute approximate surface area is 96.8 Å². The molecule has 1 aliphatic rings. The molecule has 15 heavy (non-hydrogen) atoms. The molecule has 0 aliphatic heterocycles. The quantitative estimate of drug-likeness (QED) is 0.708. The van der Waals surface area contributed by atoms with Crippen LogP contribution >= 0.6 is 15.9 Å². The van der Waals surface area contributed by atoms with Gasteiger partial charge >= 0.3 is 0 Å². The van der Waals surface area contributed by atoms with E-state index in [2.05, 4.69) is 15.9 Å². The molecular formula is C12H13BrF2. The van der Waals surface area contributed by atoms with Crippen LogP contribution < -0.4 is 0 Å². The fraction of sp³-hybridized carbons (Fsp3) is 0.500. The lowest BCUT2D eigenvalue weighted by Crippen LogP contribution is -2.13. The van der Waals surface area contributed by atoms with Crippen molar-refractivity contribution in [1.82, 2.24) is 0 Å². The van der Waals surface area contributed by atoms with Crippen molar-refractivity contribution in [3.63, 3.8) is 0 Å². The average Bonchev–Trinajstić information content (AvgIpc) is 2.15. The Bertz CT molecular complexity index is 347. The predicted molar refractivity (Wildman–Crippen MR) is 60.0 cm³/mol. The van der Waals surface area contributed by atoms with Crippen LogP contribution in [-0.4, -0.2) is 0 Å². The van der Waals surface area contributed by atoms with Crippen molar-refractivity contribution in [2.45, 2.75) is 30.5 Å². The number of alkyl halides is 1. The molecule has 1 unspecified atom stereocenters. The second kappa shape index (κ2) is 4.60. The van der Waals surface area contributed by atoms with E-state index in [-0.39, 0.29) is 16.5 Å². The van der Waals surface area contributed by atoms with Crippen molar-refractivity contribution in [1.29, 1.82) is 0 Å². The highest BCUT2D eigenvalue weighted by molar-refractivity contribution is 9.09. The molecule has 1 atom stereocenters. The predicted octanol–water partition coefficient (Wildman–Crippen LogP) is 4.59. The first-order valence-corrected chi connectivity index (χ1v) is 6.17. The van der Waals surface area contributed by atoms with Gasteiger partial charge in [0.1, 0.15) is 11.6 Å². The van der Waals surface area contributed by atoms with Gasteiger partial charge in [-0.05, 0) is 30.5 Å². The lowest BCUT2D eigenvalue weighted by molar-refractivity contribution is 0.294. The normalized spacial score (nSPS) is 18.6. The molecule has 3 heteroatoms. The number of hydrogen-bond donors (Lipinski definition) is 0. The zero-order valence-electron chi connectivity index (χ0n) is 8.35. The van der Waals surface area contributed by atoms with Crippen LogP contribution in [0.25, 0.3) is 0 Å². The first-order chi connectivity index (χ1) is 7.16. The van der Waals surface area contributed by atoms with E-state index in [4.69, 9.17) is 0 Å². The summed E-state index contributed by atoms with van der Waals surface area (Å²) in [6.45, 7) is 0. The zero-order valence-corrected chi connectivity index (χ0v) is 9.94. The van der Waals surface area contributed by atoms with E-state index in [1.54, 1.807) is 0 Å². The van der Waals surface area contributed by atoms with E-state index < -0.39 is 0 Å². The molecule has 1 aromatic carbocycles. The van der Waals surface area contributed by atoms with E-state index >= 15 is 0 Å². The highest BCUT2D eigenvalue weighted by atomic mass is 79.9. The fourth-order valence-corrected chi connectivity index (χ4v) is 2.78. The van der Waals surface area contributed by atoms with Crippen LogP contribution in [0.2, 0.25) is 0 Å². The minimum atomic E-state index is -0.371. The Morgan fingerprint density at radius 2 is 2.07 bits per heavy atom. The van der Waals surface area contributed by atoms with Gasteiger partial charge in [-0.3, -0.25) is 0 Å². The topological polar surface area (TPSA) is 0 Å². The van der Waals surface area contributed by atoms with Gasteiger partial charge in [-0.25, -0.2) is 8.78 Å². The van der Waals surface area contributed by atoms with Crippen molar-refractivity contribution >= 4 is 15.9 Å². The third-order valence-electron chi connectivity index (χ3n) is 3.06. The smallest absolute Gasteiger partial charge is 0.127 e. The van der Waals surface area contributed by atoms with Crippen molar-refractivity contribution < 1.29 is 8.78 Å². The summed E-state index contributed by atoms with van der Waals surface area (Å²) in [6.07, 6.45) is 4.62. The average molecular weight is 275 g/mol. The molecule has 82 valence electrons. The minimum Gasteiger partial charge on any atom is -0.207 e. The third-order valence-corrected chi connectivity index (χ3v) is 3.93. The van der Waals surface area contributed by atoms with Crippen LogP contribution in [-0.2, 0) is 0 Å². The Morgan fingerprint density at radius 1 is 1.33 bits per heavy atom. The van der Waals surface area contributed by atoms with Gasteiger partial charge in [0.2, 0.25) is 0 Å². The van der Waals surface area contributed by atoms with Gasteiger partial charge in [-0.2, -0.15) is 0 Å². The second-order valence-corrected chi connectivity index (χ2v) is 5.27. The lowest BCUT2D eigenvalue weighted by Gasteiger charge is -2.27. The van der Waals surface area contributed by atoms with Crippen LogP contribution in [0, 0.1) is 17.6 Å². The second-order valence-electron chi connectivity index (χ2n) is 4.17. The van der Waals surface area contributed by atoms with Gasteiger partial charge in [-0.1, -0.05) is 35.2 Å². The van der Waals surface area contributed by atoms with Gasteiger partial charge in [0.25, 0.3) is 0 Å². The zero-order chi connectivity index (χ0) is 10.8. The number of halogens is 3. The summed E-state index contributed by atoms with van der Waals surface area (Å²) in [6, 6.07) is 3.63. The van der Waals surface area contributed by atoms with Crippen molar-refractivity contribution in [2.24, 2.45) is 5.92 Å². The van der Waals surface area contributed by atoms with E-state index in [0.717, 1.165) is 12.5 Å². The van der Waals surface area contributed by atoms with Crippen LogP contribution in [0.5, 0.6) is 0 Å². The number of hydrogen-bond acceptors (Lipinski definition) is 0. The molecule has 0 saturated heterocycles. The number of rotatable bonds is 3. The Kier molecular flexibility index (Phi) is 3.39. The van der Waals surface area contributed by atoms with Crippen LogP contribution in [0.15, 0.2) is 18.2 Å². The highest BCUT2D eigenvalue weighted by Crippen LogP contribution is 2.39. The molecule has 1 saturated carbocycles. The van der Waals surface area contributed by atoms with Crippen molar-refractivity contribution in [3.05, 3.63) is 35.4 Å². The molecule has 0 spiro atoms. The van der Waals surface area contributed by atoms with E-state index in [9.17, 15) is 8.78 Å². The minimum absolute atomic E-state index is 0.0569. The number of benzene rings is 1. The Balaban J connectivity index is 2.09. The highest BCUT2D eigenvalue weighted by Gasteiger charge is 2.23. The standard InChI is InChI=1S/C12H13BrF2/c13-11(6-8-2-1-3-8)10-7-9(14)4-5-12(10)15/h4-5,7-8,11H,1-3,6H2. The first-order valence-electron chi connectivity index (χ1n) is 5.26. The van der Waals surface area contributed by atoms with Crippen LogP contribution in [0.4, 0.5) is 8.78 Å². The van der Waals surface area contributed by atoms with Gasteiger partial charge in [-0.15, -0.1) is 0 Å². The maximum atomic E-state index is 13.4. The maximum absolute atomic E-state index is 13.4. The summed E-state index contributed by atoms with van der Waals surface area (Å²) < 4.78 is 26.3. The molecule has 0 heterocycles. The lowest BCUT2D eigenvalue weighted by atomic mass is 9.81. The summed E-state index contributed by atoms with van der Waals surface area (Å²) in [5.74, 6) is -0.0147. The van der Waals surface area contributed by atoms with E-state index in [0.29, 0.717) is 11.5 Å². The van der Waals surface area contributed by atoms with Crippen molar-refractivity contribution in [2.75, 3.05) is 0 Å². The van der Waals surface area contributed by atoms with Crippen LogP contribution in [0.3, 0.4) is 0 Å². The Hall–Kier alpha value is -0.440. The molecule has 0 bridgehead atoms. The first kappa shape index (κ1) is 11.1. The summed E-state index contributed by atoms with van der Waals surface area (Å²) in [7, 11) is 0. The van der Waals surface area contributed by atoms with Gasteiger partial charge in [0.05, 0.1) is 0 Å². The summed E-state index contributed by atoms with van der Waals surface area (Å²) in [5, 5.41) is 0. The van der Waals surface area contributed by atoms with E-state index in [1.165, 1.54) is 31.4 Å².